The summed E-state index contributed by atoms with van der Waals surface area (Å²) in [5, 5.41) is 8.27. The molecule has 0 amide bonds. The molecule has 18 heavy (non-hydrogen) atoms. The average molecular weight is 285 g/mol. The van der Waals surface area contributed by atoms with E-state index in [9.17, 15) is 8.42 Å². The zero-order valence-corrected chi connectivity index (χ0v) is 11.4. The summed E-state index contributed by atoms with van der Waals surface area (Å²) < 4.78 is 24.6. The Morgan fingerprint density at radius 1 is 1.33 bits per heavy atom. The summed E-state index contributed by atoms with van der Waals surface area (Å²) in [4.78, 5) is 0.227. The second kappa shape index (κ2) is 5.20. The van der Waals surface area contributed by atoms with E-state index in [0.29, 0.717) is 16.8 Å². The number of rotatable bonds is 4. The van der Waals surface area contributed by atoms with E-state index in [2.05, 4.69) is 10.2 Å². The number of hydrogen-bond donors (Lipinski definition) is 0. The molecule has 0 fully saturated rings. The van der Waals surface area contributed by atoms with Gasteiger partial charge in [0.15, 0.2) is 9.84 Å². The van der Waals surface area contributed by atoms with E-state index >= 15 is 0 Å². The molecule has 1 aromatic heterocycles. The molecular weight excluding hydrogens is 272 g/mol. The Kier molecular flexibility index (Phi) is 3.82. The Hall–Kier alpha value is -1.20. The van der Waals surface area contributed by atoms with Crippen molar-refractivity contribution in [1.82, 2.24) is 10.2 Å². The van der Waals surface area contributed by atoms with Crippen LogP contribution in [-0.4, -0.2) is 30.2 Å². The average Bonchev–Trinajstić information content (AvgIpc) is 2.37. The van der Waals surface area contributed by atoms with Crippen LogP contribution in [0.25, 0.3) is 10.9 Å². The van der Waals surface area contributed by atoms with E-state index in [1.165, 1.54) is 6.20 Å². The van der Waals surface area contributed by atoms with Crippen molar-refractivity contribution in [3.8, 4) is 0 Å². The van der Waals surface area contributed by atoms with Crippen LogP contribution >= 0.6 is 11.6 Å². The largest absolute Gasteiger partial charge is 0.224 e. The molecule has 0 radical (unpaired) electrons. The maximum Gasteiger partial charge on any atom is 0.180 e. The Morgan fingerprint density at radius 2 is 2.06 bits per heavy atom. The van der Waals surface area contributed by atoms with Crippen LogP contribution in [0.4, 0.5) is 0 Å². The van der Waals surface area contributed by atoms with Crippen molar-refractivity contribution in [3.05, 3.63) is 30.5 Å². The number of alkyl halides is 1. The summed E-state index contributed by atoms with van der Waals surface area (Å²) >= 11 is 5.67. The molecule has 1 heterocycles. The maximum atomic E-state index is 12.3. The van der Waals surface area contributed by atoms with Crippen molar-refractivity contribution in [3.63, 3.8) is 0 Å². The summed E-state index contributed by atoms with van der Waals surface area (Å²) in [5.74, 6) is 0.241. The lowest BCUT2D eigenvalue weighted by atomic mass is 10.2. The minimum Gasteiger partial charge on any atom is -0.224 e. The predicted molar refractivity (Wildman–Crippen MR) is 71.5 cm³/mol. The lowest BCUT2D eigenvalue weighted by molar-refractivity contribution is 0.583. The van der Waals surface area contributed by atoms with Gasteiger partial charge in [-0.2, -0.15) is 10.2 Å². The fourth-order valence-corrected chi connectivity index (χ4v) is 3.74. The molecule has 2 aromatic rings. The first-order chi connectivity index (χ1) is 8.54. The molecule has 96 valence electrons. The standard InChI is InChI=1S/C12H13ClN2O2S/c1-9(6-13)8-18(16,17)12-7-14-15-11-5-3-2-4-10(11)12/h2-5,7,9H,6,8H2,1H3. The quantitative estimate of drug-likeness (QED) is 0.808. The number of nitrogens with zero attached hydrogens (tertiary/aromatic N) is 2. The van der Waals surface area contributed by atoms with Crippen LogP contribution in [0, 0.1) is 5.92 Å². The molecule has 0 N–H and O–H groups in total. The van der Waals surface area contributed by atoms with Crippen LogP contribution in [0.1, 0.15) is 6.92 Å². The van der Waals surface area contributed by atoms with Crippen LogP contribution < -0.4 is 0 Å². The normalized spacial score (nSPS) is 13.7. The molecule has 0 aliphatic carbocycles. The third-order valence-electron chi connectivity index (χ3n) is 2.61. The Balaban J connectivity index is 2.54. The van der Waals surface area contributed by atoms with Gasteiger partial charge in [-0.3, -0.25) is 0 Å². The molecule has 1 unspecified atom stereocenters. The number of aromatic nitrogens is 2. The van der Waals surface area contributed by atoms with Gasteiger partial charge in [-0.25, -0.2) is 8.42 Å². The predicted octanol–water partition coefficient (Wildman–Crippen LogP) is 2.28. The molecule has 6 heteroatoms. The van der Waals surface area contributed by atoms with Crippen molar-refractivity contribution in [2.24, 2.45) is 5.92 Å². The molecular formula is C12H13ClN2O2S. The van der Waals surface area contributed by atoms with Gasteiger partial charge in [0.05, 0.1) is 22.4 Å². The molecule has 2 rings (SSSR count). The van der Waals surface area contributed by atoms with Crippen molar-refractivity contribution in [2.45, 2.75) is 11.8 Å². The van der Waals surface area contributed by atoms with E-state index < -0.39 is 9.84 Å². The minimum absolute atomic E-state index is 0.0200. The first-order valence-electron chi connectivity index (χ1n) is 5.54. The molecule has 0 aliphatic rings. The lowest BCUT2D eigenvalue weighted by Crippen LogP contribution is -2.16. The van der Waals surface area contributed by atoms with Gasteiger partial charge in [0.2, 0.25) is 0 Å². The van der Waals surface area contributed by atoms with E-state index in [1.807, 2.05) is 0 Å². The van der Waals surface area contributed by atoms with Crippen molar-refractivity contribution >= 4 is 32.3 Å². The summed E-state index contributed by atoms with van der Waals surface area (Å²) in [5.41, 5.74) is 0.581. The van der Waals surface area contributed by atoms with Crippen LogP contribution in [-0.2, 0) is 9.84 Å². The molecule has 0 spiro atoms. The van der Waals surface area contributed by atoms with Crippen molar-refractivity contribution in [2.75, 3.05) is 11.6 Å². The smallest absolute Gasteiger partial charge is 0.180 e. The third kappa shape index (κ3) is 2.62. The van der Waals surface area contributed by atoms with Crippen LogP contribution in [0.15, 0.2) is 35.4 Å². The first kappa shape index (κ1) is 13.2. The lowest BCUT2D eigenvalue weighted by Gasteiger charge is -2.10. The Labute approximate surface area is 111 Å². The summed E-state index contributed by atoms with van der Waals surface area (Å²) in [6.07, 6.45) is 1.30. The highest BCUT2D eigenvalue weighted by atomic mass is 35.5. The van der Waals surface area contributed by atoms with Gasteiger partial charge < -0.3 is 0 Å². The third-order valence-corrected chi connectivity index (χ3v) is 5.14. The van der Waals surface area contributed by atoms with E-state index in [0.717, 1.165) is 0 Å². The molecule has 0 saturated carbocycles. The van der Waals surface area contributed by atoms with Crippen LogP contribution in [0.2, 0.25) is 0 Å². The van der Waals surface area contributed by atoms with Gasteiger partial charge in [0.25, 0.3) is 0 Å². The summed E-state index contributed by atoms with van der Waals surface area (Å²) in [6, 6.07) is 7.07. The van der Waals surface area contributed by atoms with Crippen molar-refractivity contribution in [1.29, 1.82) is 0 Å². The molecule has 0 saturated heterocycles. The van der Waals surface area contributed by atoms with Crippen molar-refractivity contribution < 1.29 is 8.42 Å². The summed E-state index contributed by atoms with van der Waals surface area (Å²) in [6.45, 7) is 1.81. The zero-order chi connectivity index (χ0) is 13.2. The highest BCUT2D eigenvalue weighted by Gasteiger charge is 2.21. The molecule has 0 aliphatic heterocycles. The fraction of sp³-hybridized carbons (Fsp3) is 0.333. The molecule has 1 aromatic carbocycles. The second-order valence-corrected chi connectivity index (χ2v) is 6.58. The van der Waals surface area contributed by atoms with Gasteiger partial charge in [0.1, 0.15) is 0 Å². The number of fused-ring (bicyclic) bond motifs is 1. The van der Waals surface area contributed by atoms with Crippen LogP contribution in [0.3, 0.4) is 0 Å². The molecule has 4 nitrogen and oxygen atoms in total. The first-order valence-corrected chi connectivity index (χ1v) is 7.72. The minimum atomic E-state index is -3.39. The monoisotopic (exact) mass is 284 g/mol. The number of sulfone groups is 1. The second-order valence-electron chi connectivity index (χ2n) is 4.27. The van der Waals surface area contributed by atoms with E-state index in [-0.39, 0.29) is 16.6 Å². The van der Waals surface area contributed by atoms with Crippen LogP contribution in [0.5, 0.6) is 0 Å². The highest BCUT2D eigenvalue weighted by molar-refractivity contribution is 7.91. The van der Waals surface area contributed by atoms with E-state index in [1.54, 1.807) is 31.2 Å². The SMILES string of the molecule is CC(CCl)CS(=O)(=O)c1cnnc2ccccc12. The number of hydrogen-bond acceptors (Lipinski definition) is 4. The van der Waals surface area contributed by atoms with Gasteiger partial charge in [-0.05, 0) is 12.0 Å². The highest BCUT2D eigenvalue weighted by Crippen LogP contribution is 2.22. The maximum absolute atomic E-state index is 12.3. The molecule has 0 bridgehead atoms. The fourth-order valence-electron chi connectivity index (χ4n) is 1.74. The van der Waals surface area contributed by atoms with Gasteiger partial charge >= 0.3 is 0 Å². The number of benzene rings is 1. The van der Waals surface area contributed by atoms with Gasteiger partial charge in [-0.1, -0.05) is 25.1 Å². The number of halogens is 1. The zero-order valence-electron chi connectivity index (χ0n) is 9.88. The Morgan fingerprint density at radius 3 is 2.78 bits per heavy atom. The topological polar surface area (TPSA) is 59.9 Å². The Bertz CT molecular complexity index is 653. The van der Waals surface area contributed by atoms with E-state index in [4.69, 9.17) is 11.6 Å². The van der Waals surface area contributed by atoms with Gasteiger partial charge in [-0.15, -0.1) is 11.6 Å². The van der Waals surface area contributed by atoms with Gasteiger partial charge in [0, 0.05) is 11.3 Å². The molecule has 1 atom stereocenters. The summed E-state index contributed by atoms with van der Waals surface area (Å²) in [7, 11) is -3.39.